The molecule has 0 aliphatic carbocycles. The Morgan fingerprint density at radius 3 is 2.48 bits per heavy atom. The van der Waals surface area contributed by atoms with Crippen molar-refractivity contribution in [3.63, 3.8) is 0 Å². The third-order valence-electron chi connectivity index (χ3n) is 4.54. The van der Waals surface area contributed by atoms with E-state index >= 15 is 0 Å². The van der Waals surface area contributed by atoms with Crippen LogP contribution in [0, 0.1) is 0 Å². The molecule has 1 saturated heterocycles. The van der Waals surface area contributed by atoms with Crippen molar-refractivity contribution in [1.29, 1.82) is 0 Å². The van der Waals surface area contributed by atoms with Crippen LogP contribution in [0.25, 0.3) is 0 Å². The molecule has 0 radical (unpaired) electrons. The van der Waals surface area contributed by atoms with Crippen molar-refractivity contribution in [2.45, 2.75) is 32.8 Å². The first-order valence-corrected chi connectivity index (χ1v) is 9.66. The number of hydrogen-bond acceptors (Lipinski definition) is 6. The van der Waals surface area contributed by atoms with Crippen molar-refractivity contribution in [2.24, 2.45) is 0 Å². The SMILES string of the molecule is CC(C)(C)OC(=O)NCC(=O)N1CCCN(C(=O)c2ccc3c(c2)OCO3)CC1. The zero-order valence-corrected chi connectivity index (χ0v) is 17.0. The molecule has 1 aromatic carbocycles. The average molecular weight is 405 g/mol. The highest BCUT2D eigenvalue weighted by Crippen LogP contribution is 2.32. The lowest BCUT2D eigenvalue weighted by molar-refractivity contribution is -0.130. The van der Waals surface area contributed by atoms with Gasteiger partial charge < -0.3 is 29.3 Å². The van der Waals surface area contributed by atoms with Gasteiger partial charge in [0.1, 0.15) is 12.1 Å². The minimum Gasteiger partial charge on any atom is -0.454 e. The fourth-order valence-corrected chi connectivity index (χ4v) is 3.16. The summed E-state index contributed by atoms with van der Waals surface area (Å²) in [4.78, 5) is 40.3. The van der Waals surface area contributed by atoms with Crippen molar-refractivity contribution >= 4 is 17.9 Å². The van der Waals surface area contributed by atoms with E-state index in [1.165, 1.54) is 0 Å². The van der Waals surface area contributed by atoms with Crippen LogP contribution in [0.4, 0.5) is 4.79 Å². The van der Waals surface area contributed by atoms with E-state index < -0.39 is 11.7 Å². The second-order valence-electron chi connectivity index (χ2n) is 7.95. The second kappa shape index (κ2) is 8.59. The number of rotatable bonds is 3. The van der Waals surface area contributed by atoms with Crippen molar-refractivity contribution in [3.05, 3.63) is 23.8 Å². The van der Waals surface area contributed by atoms with E-state index in [-0.39, 0.29) is 25.2 Å². The summed E-state index contributed by atoms with van der Waals surface area (Å²) in [5.74, 6) is 0.889. The smallest absolute Gasteiger partial charge is 0.408 e. The van der Waals surface area contributed by atoms with E-state index in [1.54, 1.807) is 48.8 Å². The van der Waals surface area contributed by atoms with Crippen LogP contribution in [0.3, 0.4) is 0 Å². The molecule has 1 aromatic rings. The first-order valence-electron chi connectivity index (χ1n) is 9.66. The number of benzene rings is 1. The Bertz CT molecular complexity index is 789. The minimum atomic E-state index is -0.625. The Morgan fingerprint density at radius 2 is 1.72 bits per heavy atom. The molecule has 0 aromatic heterocycles. The quantitative estimate of drug-likeness (QED) is 0.821. The summed E-state index contributed by atoms with van der Waals surface area (Å²) in [7, 11) is 0. The number of fused-ring (bicyclic) bond motifs is 1. The Morgan fingerprint density at radius 1 is 1.03 bits per heavy atom. The Labute approximate surface area is 169 Å². The summed E-state index contributed by atoms with van der Waals surface area (Å²) in [5, 5.41) is 2.48. The van der Waals surface area contributed by atoms with Gasteiger partial charge in [-0.15, -0.1) is 0 Å². The number of nitrogens with zero attached hydrogens (tertiary/aromatic N) is 2. The van der Waals surface area contributed by atoms with Gasteiger partial charge in [0.05, 0.1) is 0 Å². The van der Waals surface area contributed by atoms with Crippen LogP contribution in [-0.2, 0) is 9.53 Å². The second-order valence-corrected chi connectivity index (χ2v) is 7.95. The van der Waals surface area contributed by atoms with Crippen LogP contribution in [0.1, 0.15) is 37.6 Å². The molecule has 0 saturated carbocycles. The van der Waals surface area contributed by atoms with Crippen LogP contribution in [0.2, 0.25) is 0 Å². The Hall–Kier alpha value is -2.97. The molecule has 3 amide bonds. The summed E-state index contributed by atoms with van der Waals surface area (Å²) < 4.78 is 15.7. The molecule has 0 spiro atoms. The molecule has 2 aliphatic heterocycles. The highest BCUT2D eigenvalue weighted by molar-refractivity contribution is 5.95. The molecule has 0 atom stereocenters. The first kappa shape index (κ1) is 20.8. The molecule has 1 N–H and O–H groups in total. The van der Waals surface area contributed by atoms with Gasteiger partial charge in [0, 0.05) is 31.7 Å². The van der Waals surface area contributed by atoms with Gasteiger partial charge in [-0.1, -0.05) is 0 Å². The van der Waals surface area contributed by atoms with Gasteiger partial charge in [-0.2, -0.15) is 0 Å². The maximum atomic E-state index is 12.8. The fourth-order valence-electron chi connectivity index (χ4n) is 3.16. The number of hydrogen-bond donors (Lipinski definition) is 1. The fraction of sp³-hybridized carbons (Fsp3) is 0.550. The van der Waals surface area contributed by atoms with Crippen LogP contribution < -0.4 is 14.8 Å². The van der Waals surface area contributed by atoms with Crippen LogP contribution in [0.15, 0.2) is 18.2 Å². The molecule has 9 nitrogen and oxygen atoms in total. The van der Waals surface area contributed by atoms with E-state index in [1.807, 2.05) is 0 Å². The highest BCUT2D eigenvalue weighted by atomic mass is 16.7. The van der Waals surface area contributed by atoms with Gasteiger partial charge in [0.15, 0.2) is 11.5 Å². The lowest BCUT2D eigenvalue weighted by Crippen LogP contribution is -2.43. The van der Waals surface area contributed by atoms with Crippen LogP contribution in [0.5, 0.6) is 11.5 Å². The third-order valence-corrected chi connectivity index (χ3v) is 4.54. The van der Waals surface area contributed by atoms with Gasteiger partial charge in [-0.05, 0) is 45.4 Å². The first-order chi connectivity index (χ1) is 13.7. The van der Waals surface area contributed by atoms with Crippen LogP contribution in [-0.4, -0.2) is 72.8 Å². The third kappa shape index (κ3) is 5.52. The van der Waals surface area contributed by atoms with E-state index in [4.69, 9.17) is 14.2 Å². The Kier molecular flexibility index (Phi) is 6.14. The zero-order valence-electron chi connectivity index (χ0n) is 17.0. The maximum absolute atomic E-state index is 12.8. The minimum absolute atomic E-state index is 0.107. The summed E-state index contributed by atoms with van der Waals surface area (Å²) in [6, 6.07) is 5.13. The zero-order chi connectivity index (χ0) is 21.0. The molecule has 29 heavy (non-hydrogen) atoms. The maximum Gasteiger partial charge on any atom is 0.408 e. The molecule has 158 valence electrons. The van der Waals surface area contributed by atoms with Gasteiger partial charge in [0.25, 0.3) is 5.91 Å². The van der Waals surface area contributed by atoms with E-state index in [0.717, 1.165) is 0 Å². The van der Waals surface area contributed by atoms with E-state index in [9.17, 15) is 14.4 Å². The van der Waals surface area contributed by atoms with Crippen molar-refractivity contribution in [3.8, 4) is 11.5 Å². The highest BCUT2D eigenvalue weighted by Gasteiger charge is 2.25. The number of amides is 3. The lowest BCUT2D eigenvalue weighted by atomic mass is 10.1. The monoisotopic (exact) mass is 405 g/mol. The van der Waals surface area contributed by atoms with Gasteiger partial charge in [0.2, 0.25) is 12.7 Å². The molecule has 3 rings (SSSR count). The Balaban J connectivity index is 1.51. The van der Waals surface area contributed by atoms with Crippen molar-refractivity contribution in [1.82, 2.24) is 15.1 Å². The van der Waals surface area contributed by atoms with Crippen molar-refractivity contribution in [2.75, 3.05) is 39.5 Å². The van der Waals surface area contributed by atoms with Gasteiger partial charge >= 0.3 is 6.09 Å². The van der Waals surface area contributed by atoms with Gasteiger partial charge in [-0.25, -0.2) is 4.79 Å². The summed E-state index contributed by atoms with van der Waals surface area (Å²) in [6.07, 6.45) is 0.0364. The summed E-state index contributed by atoms with van der Waals surface area (Å²) in [5.41, 5.74) is -0.0914. The topological polar surface area (TPSA) is 97.4 Å². The number of alkyl carbamates (subject to hydrolysis) is 1. The number of carbonyl (C=O) groups excluding carboxylic acids is 3. The molecule has 1 fully saturated rings. The van der Waals surface area contributed by atoms with E-state index in [0.29, 0.717) is 49.7 Å². The average Bonchev–Trinajstić information content (AvgIpc) is 2.98. The molecule has 0 bridgehead atoms. The molecular weight excluding hydrogens is 378 g/mol. The molecular formula is C20H27N3O6. The van der Waals surface area contributed by atoms with Crippen molar-refractivity contribution < 1.29 is 28.6 Å². The normalized spacial score (nSPS) is 16.2. The molecule has 9 heteroatoms. The predicted octanol–water partition coefficient (Wildman–Crippen LogP) is 1.61. The molecule has 2 aliphatic rings. The number of carbonyl (C=O) groups is 3. The summed E-state index contributed by atoms with van der Waals surface area (Å²) in [6.45, 7) is 7.21. The van der Waals surface area contributed by atoms with Gasteiger partial charge in [-0.3, -0.25) is 9.59 Å². The largest absolute Gasteiger partial charge is 0.454 e. The van der Waals surface area contributed by atoms with Crippen LogP contribution >= 0.6 is 0 Å². The molecule has 0 unspecified atom stereocenters. The molecule has 2 heterocycles. The van der Waals surface area contributed by atoms with E-state index in [2.05, 4.69) is 5.32 Å². The number of nitrogens with one attached hydrogen (secondary N) is 1. The number of ether oxygens (including phenoxy) is 3. The predicted molar refractivity (Wildman–Crippen MR) is 104 cm³/mol. The lowest BCUT2D eigenvalue weighted by Gasteiger charge is -2.23. The summed E-state index contributed by atoms with van der Waals surface area (Å²) >= 11 is 0. The standard InChI is InChI=1S/C20H27N3O6/c1-20(2,3)29-19(26)21-12-17(24)22-7-4-8-23(10-9-22)18(25)14-5-6-15-16(11-14)28-13-27-15/h5-6,11H,4,7-10,12-13H2,1-3H3,(H,21,26).